The highest BCUT2D eigenvalue weighted by Crippen LogP contribution is 2.33. The molecule has 2 aromatic rings. The Kier molecular flexibility index (Phi) is 5.45. The van der Waals surface area contributed by atoms with Gasteiger partial charge in [0.15, 0.2) is 11.6 Å². The van der Waals surface area contributed by atoms with Gasteiger partial charge in [0.05, 0.1) is 5.02 Å². The molecule has 0 aliphatic carbocycles. The average Bonchev–Trinajstić information content (AvgIpc) is 2.44. The van der Waals surface area contributed by atoms with Gasteiger partial charge in [-0.1, -0.05) is 36.2 Å². The SMILES string of the molecule is CCC(N)Cc1ccc(Oc2ccc(Cl)cc2Cl)c(F)c1. The lowest BCUT2D eigenvalue weighted by atomic mass is 10.0. The fraction of sp³-hybridized carbons (Fsp3) is 0.250. The summed E-state index contributed by atoms with van der Waals surface area (Å²) in [4.78, 5) is 0. The van der Waals surface area contributed by atoms with Gasteiger partial charge in [0, 0.05) is 11.1 Å². The van der Waals surface area contributed by atoms with Crippen LogP contribution < -0.4 is 10.5 Å². The van der Waals surface area contributed by atoms with Crippen molar-refractivity contribution in [2.24, 2.45) is 5.73 Å². The van der Waals surface area contributed by atoms with E-state index in [9.17, 15) is 4.39 Å². The Morgan fingerprint density at radius 1 is 1.14 bits per heavy atom. The van der Waals surface area contributed by atoms with Gasteiger partial charge in [0.25, 0.3) is 0 Å². The molecule has 1 atom stereocenters. The first-order chi connectivity index (χ1) is 9.99. The van der Waals surface area contributed by atoms with Crippen molar-refractivity contribution in [1.29, 1.82) is 0 Å². The molecule has 0 spiro atoms. The molecule has 0 bridgehead atoms. The largest absolute Gasteiger partial charge is 0.453 e. The van der Waals surface area contributed by atoms with Gasteiger partial charge in [-0.3, -0.25) is 0 Å². The van der Waals surface area contributed by atoms with E-state index in [0.29, 0.717) is 22.2 Å². The van der Waals surface area contributed by atoms with Crippen molar-refractivity contribution < 1.29 is 9.13 Å². The summed E-state index contributed by atoms with van der Waals surface area (Å²) in [5.74, 6) is 0.0350. The molecule has 0 aliphatic heterocycles. The molecule has 2 N–H and O–H groups in total. The molecule has 21 heavy (non-hydrogen) atoms. The zero-order chi connectivity index (χ0) is 15.4. The standard InChI is InChI=1S/C16H16Cl2FNO/c1-2-12(20)7-10-3-5-16(14(19)8-10)21-15-6-4-11(17)9-13(15)18/h3-6,8-9,12H,2,7,20H2,1H3. The first-order valence-electron chi connectivity index (χ1n) is 6.66. The molecule has 2 rings (SSSR count). The Labute approximate surface area is 133 Å². The van der Waals surface area contributed by atoms with Crippen LogP contribution in [0.15, 0.2) is 36.4 Å². The van der Waals surface area contributed by atoms with Crippen molar-refractivity contribution in [3.63, 3.8) is 0 Å². The third-order valence-corrected chi connectivity index (χ3v) is 3.66. The van der Waals surface area contributed by atoms with Crippen LogP contribution in [0.3, 0.4) is 0 Å². The fourth-order valence-electron chi connectivity index (χ4n) is 1.88. The third kappa shape index (κ3) is 4.34. The lowest BCUT2D eigenvalue weighted by Crippen LogP contribution is -2.21. The maximum absolute atomic E-state index is 14.1. The van der Waals surface area contributed by atoms with Gasteiger partial charge in [-0.05, 0) is 48.7 Å². The molecule has 0 saturated heterocycles. The van der Waals surface area contributed by atoms with Crippen LogP contribution in [-0.4, -0.2) is 6.04 Å². The van der Waals surface area contributed by atoms with Crippen LogP contribution in [0.2, 0.25) is 10.0 Å². The second kappa shape index (κ2) is 7.12. The quantitative estimate of drug-likeness (QED) is 0.818. The highest BCUT2D eigenvalue weighted by molar-refractivity contribution is 6.35. The maximum atomic E-state index is 14.1. The van der Waals surface area contributed by atoms with Crippen molar-refractivity contribution in [1.82, 2.24) is 0 Å². The number of ether oxygens (including phenoxy) is 1. The van der Waals surface area contributed by atoms with Gasteiger partial charge in [-0.15, -0.1) is 0 Å². The van der Waals surface area contributed by atoms with E-state index in [2.05, 4.69) is 0 Å². The van der Waals surface area contributed by atoms with Gasteiger partial charge in [0.2, 0.25) is 0 Å². The molecule has 0 saturated carbocycles. The van der Waals surface area contributed by atoms with Gasteiger partial charge < -0.3 is 10.5 Å². The predicted molar refractivity (Wildman–Crippen MR) is 84.9 cm³/mol. The summed E-state index contributed by atoms with van der Waals surface area (Å²) >= 11 is 11.8. The number of halogens is 3. The zero-order valence-electron chi connectivity index (χ0n) is 11.6. The van der Waals surface area contributed by atoms with E-state index in [4.69, 9.17) is 33.7 Å². The number of hydrogen-bond acceptors (Lipinski definition) is 2. The highest BCUT2D eigenvalue weighted by Gasteiger charge is 2.10. The normalized spacial score (nSPS) is 12.2. The van der Waals surface area contributed by atoms with E-state index in [1.165, 1.54) is 6.07 Å². The molecule has 1 unspecified atom stereocenters. The van der Waals surface area contributed by atoms with Crippen LogP contribution in [0.1, 0.15) is 18.9 Å². The van der Waals surface area contributed by atoms with Crippen LogP contribution in [0.4, 0.5) is 4.39 Å². The number of nitrogens with two attached hydrogens (primary N) is 1. The monoisotopic (exact) mass is 327 g/mol. The first kappa shape index (κ1) is 16.1. The van der Waals surface area contributed by atoms with Crippen molar-refractivity contribution >= 4 is 23.2 Å². The molecular weight excluding hydrogens is 312 g/mol. The molecule has 2 aromatic carbocycles. The number of hydrogen-bond donors (Lipinski definition) is 1. The first-order valence-corrected chi connectivity index (χ1v) is 7.42. The molecule has 5 heteroatoms. The zero-order valence-corrected chi connectivity index (χ0v) is 13.1. The Bertz CT molecular complexity index is 634. The lowest BCUT2D eigenvalue weighted by molar-refractivity contribution is 0.441. The maximum Gasteiger partial charge on any atom is 0.165 e. The second-order valence-electron chi connectivity index (χ2n) is 4.81. The number of benzene rings is 2. The minimum absolute atomic E-state index is 0.0295. The molecule has 0 radical (unpaired) electrons. The Morgan fingerprint density at radius 2 is 1.86 bits per heavy atom. The summed E-state index contributed by atoms with van der Waals surface area (Å²) in [7, 11) is 0. The molecular formula is C16H16Cl2FNO. The Balaban J connectivity index is 2.17. The second-order valence-corrected chi connectivity index (χ2v) is 5.66. The van der Waals surface area contributed by atoms with Crippen LogP contribution in [-0.2, 0) is 6.42 Å². The van der Waals surface area contributed by atoms with E-state index >= 15 is 0 Å². The topological polar surface area (TPSA) is 35.2 Å². The Hall–Kier alpha value is -1.29. The van der Waals surface area contributed by atoms with E-state index in [1.807, 2.05) is 6.92 Å². The smallest absolute Gasteiger partial charge is 0.165 e. The average molecular weight is 328 g/mol. The summed E-state index contributed by atoms with van der Waals surface area (Å²) in [6.07, 6.45) is 1.48. The van der Waals surface area contributed by atoms with Crippen molar-refractivity contribution in [3.8, 4) is 11.5 Å². The van der Waals surface area contributed by atoms with Gasteiger partial charge >= 0.3 is 0 Å². The number of rotatable bonds is 5. The van der Waals surface area contributed by atoms with Crippen molar-refractivity contribution in [2.75, 3.05) is 0 Å². The molecule has 0 amide bonds. The minimum Gasteiger partial charge on any atom is -0.453 e. The summed E-state index contributed by atoms with van der Waals surface area (Å²) < 4.78 is 19.6. The van der Waals surface area contributed by atoms with E-state index in [0.717, 1.165) is 12.0 Å². The molecule has 0 fully saturated rings. The molecule has 112 valence electrons. The lowest BCUT2D eigenvalue weighted by Gasteiger charge is -2.12. The third-order valence-electron chi connectivity index (χ3n) is 3.13. The minimum atomic E-state index is -0.443. The van der Waals surface area contributed by atoms with Crippen LogP contribution >= 0.6 is 23.2 Å². The van der Waals surface area contributed by atoms with E-state index < -0.39 is 5.82 Å². The summed E-state index contributed by atoms with van der Waals surface area (Å²) in [6, 6.07) is 9.64. The van der Waals surface area contributed by atoms with Crippen LogP contribution in [0.25, 0.3) is 0 Å². The van der Waals surface area contributed by atoms with E-state index in [-0.39, 0.29) is 11.8 Å². The van der Waals surface area contributed by atoms with Gasteiger partial charge in [-0.2, -0.15) is 0 Å². The van der Waals surface area contributed by atoms with Gasteiger partial charge in [-0.25, -0.2) is 4.39 Å². The predicted octanol–water partition coefficient (Wildman–Crippen LogP) is 5.20. The van der Waals surface area contributed by atoms with Crippen LogP contribution in [0.5, 0.6) is 11.5 Å². The molecule has 0 aliphatic rings. The fourth-order valence-corrected chi connectivity index (χ4v) is 2.32. The van der Waals surface area contributed by atoms with E-state index in [1.54, 1.807) is 30.3 Å². The van der Waals surface area contributed by atoms with Crippen LogP contribution in [0, 0.1) is 5.82 Å². The Morgan fingerprint density at radius 3 is 2.48 bits per heavy atom. The summed E-state index contributed by atoms with van der Waals surface area (Å²) in [6.45, 7) is 2.00. The van der Waals surface area contributed by atoms with Crippen molar-refractivity contribution in [3.05, 3.63) is 57.8 Å². The molecule has 0 heterocycles. The van der Waals surface area contributed by atoms with Gasteiger partial charge in [0.1, 0.15) is 5.75 Å². The highest BCUT2D eigenvalue weighted by atomic mass is 35.5. The molecule has 2 nitrogen and oxygen atoms in total. The molecule has 0 aromatic heterocycles. The summed E-state index contributed by atoms with van der Waals surface area (Å²) in [5.41, 5.74) is 6.71. The summed E-state index contributed by atoms with van der Waals surface area (Å²) in [5, 5.41) is 0.829. The van der Waals surface area contributed by atoms with Crippen molar-refractivity contribution in [2.45, 2.75) is 25.8 Å².